The Hall–Kier alpha value is -0.113. The Morgan fingerprint density at radius 2 is 1.09 bits per heavy atom. The zero-order valence-corrected chi connectivity index (χ0v) is 15.1. The van der Waals surface area contributed by atoms with Crippen LogP contribution >= 0.6 is 0 Å². The highest BCUT2D eigenvalue weighted by Gasteiger charge is 2.46. The third-order valence-electron chi connectivity index (χ3n) is 3.18. The highest BCUT2D eigenvalue weighted by atomic mass is 28.4. The van der Waals surface area contributed by atoms with E-state index in [9.17, 15) is 13.2 Å². The second-order valence-corrected chi connectivity index (χ2v) is 7.98. The Morgan fingerprint density at radius 1 is 0.727 bits per heavy atom. The van der Waals surface area contributed by atoms with E-state index in [1.165, 1.54) is 0 Å². The smallest absolute Gasteiger partial charge is 0.373 e. The minimum absolute atomic E-state index is 0.358. The lowest BCUT2D eigenvalue weighted by atomic mass is 10.4. The maximum absolute atomic E-state index is 13.6. The summed E-state index contributed by atoms with van der Waals surface area (Å²) < 4.78 is 55.9. The average molecular weight is 344 g/mol. The Bertz CT molecular complexity index is 232. The Morgan fingerprint density at radius 3 is 1.36 bits per heavy atom. The second-order valence-electron chi connectivity index (χ2n) is 5.34. The van der Waals surface area contributed by atoms with Crippen molar-refractivity contribution >= 4 is 8.80 Å². The Kier molecular flexibility index (Phi) is 13.3. The number of rotatable bonds is 15. The highest BCUT2D eigenvalue weighted by molar-refractivity contribution is 6.60. The fraction of sp³-hybridized carbons (Fsp3) is 1.00. The summed E-state index contributed by atoms with van der Waals surface area (Å²) in [6.45, 7) is 7.07. The predicted molar refractivity (Wildman–Crippen MR) is 84.0 cm³/mol. The summed E-state index contributed by atoms with van der Waals surface area (Å²) in [6.07, 6.45) is -0.270. The van der Waals surface area contributed by atoms with E-state index in [-0.39, 0.29) is 0 Å². The van der Waals surface area contributed by atoms with Crippen LogP contribution in [-0.4, -0.2) is 41.2 Å². The summed E-state index contributed by atoms with van der Waals surface area (Å²) >= 11 is 0. The number of alkyl halides is 3. The van der Waals surface area contributed by atoms with E-state index in [1.807, 2.05) is 20.8 Å². The van der Waals surface area contributed by atoms with Gasteiger partial charge in [0.15, 0.2) is 6.17 Å². The van der Waals surface area contributed by atoms with E-state index in [0.29, 0.717) is 19.8 Å². The van der Waals surface area contributed by atoms with Crippen LogP contribution in [0.2, 0.25) is 6.04 Å². The molecule has 3 nitrogen and oxygen atoms in total. The van der Waals surface area contributed by atoms with Crippen molar-refractivity contribution < 1.29 is 26.4 Å². The molecule has 0 saturated heterocycles. The first kappa shape index (κ1) is 21.9. The minimum Gasteiger partial charge on any atom is -0.373 e. The normalized spacial score (nSPS) is 13.8. The van der Waals surface area contributed by atoms with Crippen molar-refractivity contribution in [3.05, 3.63) is 0 Å². The summed E-state index contributed by atoms with van der Waals surface area (Å²) in [5.41, 5.74) is 0. The standard InChI is InChI=1S/C15H31F3O3Si/c1-4-7-10-19-22(20-11-8-5-2,21-12-9-6-3)13-14(16)15(17)18/h14-15H,4-13H2,1-3H3. The molecule has 0 fully saturated rings. The molecule has 0 aliphatic rings. The van der Waals surface area contributed by atoms with Crippen molar-refractivity contribution in [2.24, 2.45) is 0 Å². The van der Waals surface area contributed by atoms with Crippen LogP contribution in [0, 0.1) is 0 Å². The summed E-state index contributed by atoms with van der Waals surface area (Å²) in [7, 11) is -3.39. The topological polar surface area (TPSA) is 27.7 Å². The zero-order valence-electron chi connectivity index (χ0n) is 14.1. The van der Waals surface area contributed by atoms with Crippen LogP contribution in [0.4, 0.5) is 13.2 Å². The number of hydrogen-bond acceptors (Lipinski definition) is 3. The molecular formula is C15H31F3O3Si. The molecule has 0 aliphatic carbocycles. The van der Waals surface area contributed by atoms with Gasteiger partial charge in [-0.1, -0.05) is 40.0 Å². The maximum atomic E-state index is 13.6. The number of hydrogen-bond donors (Lipinski definition) is 0. The van der Waals surface area contributed by atoms with Gasteiger partial charge in [-0.3, -0.25) is 0 Å². The van der Waals surface area contributed by atoms with Gasteiger partial charge in [0.25, 0.3) is 6.43 Å². The average Bonchev–Trinajstić information content (AvgIpc) is 2.48. The van der Waals surface area contributed by atoms with Crippen LogP contribution in [-0.2, 0) is 13.3 Å². The molecular weight excluding hydrogens is 313 g/mol. The van der Waals surface area contributed by atoms with Gasteiger partial charge in [0.05, 0.1) is 6.04 Å². The third kappa shape index (κ3) is 9.81. The molecule has 0 amide bonds. The fourth-order valence-corrected chi connectivity index (χ4v) is 4.37. The first-order chi connectivity index (χ1) is 10.5. The van der Waals surface area contributed by atoms with Crippen LogP contribution in [0.3, 0.4) is 0 Å². The van der Waals surface area contributed by atoms with Crippen LogP contribution in [0.1, 0.15) is 59.3 Å². The molecule has 0 bridgehead atoms. The van der Waals surface area contributed by atoms with Gasteiger partial charge in [0.1, 0.15) is 0 Å². The zero-order chi connectivity index (χ0) is 16.8. The van der Waals surface area contributed by atoms with Gasteiger partial charge in [0.2, 0.25) is 0 Å². The second kappa shape index (κ2) is 13.3. The van der Waals surface area contributed by atoms with Crippen LogP contribution < -0.4 is 0 Å². The molecule has 0 saturated carbocycles. The van der Waals surface area contributed by atoms with Gasteiger partial charge in [-0.2, -0.15) is 0 Å². The molecule has 0 rings (SSSR count). The summed E-state index contributed by atoms with van der Waals surface area (Å²) in [5, 5.41) is 0. The Balaban J connectivity index is 4.83. The monoisotopic (exact) mass is 344 g/mol. The largest absolute Gasteiger partial charge is 0.504 e. The molecule has 0 spiro atoms. The van der Waals surface area contributed by atoms with Gasteiger partial charge >= 0.3 is 8.80 Å². The van der Waals surface area contributed by atoms with E-state index in [1.54, 1.807) is 0 Å². The summed E-state index contributed by atoms with van der Waals surface area (Å²) in [5.74, 6) is 0. The van der Waals surface area contributed by atoms with Gasteiger partial charge < -0.3 is 13.3 Å². The number of halogens is 3. The summed E-state index contributed by atoms with van der Waals surface area (Å²) in [6, 6.07) is -0.470. The van der Waals surface area contributed by atoms with Crippen molar-refractivity contribution in [1.82, 2.24) is 0 Å². The Labute approximate surface area is 133 Å². The molecule has 0 aromatic rings. The quantitative estimate of drug-likeness (QED) is 0.310. The van der Waals surface area contributed by atoms with Crippen molar-refractivity contribution in [3.63, 3.8) is 0 Å². The molecule has 0 heterocycles. The predicted octanol–water partition coefficient (Wildman–Crippen LogP) is 4.98. The first-order valence-electron chi connectivity index (χ1n) is 8.35. The molecule has 22 heavy (non-hydrogen) atoms. The number of unbranched alkanes of at least 4 members (excludes halogenated alkanes) is 3. The van der Waals surface area contributed by atoms with Gasteiger partial charge in [-0.25, -0.2) is 13.2 Å². The van der Waals surface area contributed by atoms with E-state index >= 15 is 0 Å². The van der Waals surface area contributed by atoms with Crippen molar-refractivity contribution in [2.45, 2.75) is 77.9 Å². The molecule has 0 aromatic heterocycles. The van der Waals surface area contributed by atoms with Crippen molar-refractivity contribution in [3.8, 4) is 0 Å². The van der Waals surface area contributed by atoms with Gasteiger partial charge in [-0.15, -0.1) is 0 Å². The molecule has 0 aliphatic heterocycles. The first-order valence-corrected chi connectivity index (χ1v) is 10.3. The van der Waals surface area contributed by atoms with Crippen LogP contribution in [0.15, 0.2) is 0 Å². The van der Waals surface area contributed by atoms with E-state index in [2.05, 4.69) is 0 Å². The van der Waals surface area contributed by atoms with Crippen LogP contribution in [0.25, 0.3) is 0 Å². The summed E-state index contributed by atoms with van der Waals surface area (Å²) in [4.78, 5) is 0. The highest BCUT2D eigenvalue weighted by Crippen LogP contribution is 2.24. The molecule has 0 N–H and O–H groups in total. The van der Waals surface area contributed by atoms with Crippen LogP contribution in [0.5, 0.6) is 0 Å². The molecule has 0 aromatic carbocycles. The lowest BCUT2D eigenvalue weighted by Gasteiger charge is -2.30. The third-order valence-corrected chi connectivity index (χ3v) is 6.00. The van der Waals surface area contributed by atoms with Gasteiger partial charge in [-0.05, 0) is 19.3 Å². The fourth-order valence-electron chi connectivity index (χ4n) is 1.75. The van der Waals surface area contributed by atoms with Crippen molar-refractivity contribution in [1.29, 1.82) is 0 Å². The molecule has 134 valence electrons. The molecule has 1 atom stereocenters. The van der Waals surface area contributed by atoms with E-state index in [0.717, 1.165) is 38.5 Å². The maximum Gasteiger partial charge on any atom is 0.504 e. The van der Waals surface area contributed by atoms with Gasteiger partial charge in [0, 0.05) is 19.8 Å². The molecule has 1 unspecified atom stereocenters. The SMILES string of the molecule is CCCCO[Si](CC(F)C(F)F)(OCCCC)OCCCC. The molecule has 0 radical (unpaired) electrons. The van der Waals surface area contributed by atoms with Crippen molar-refractivity contribution in [2.75, 3.05) is 19.8 Å². The van der Waals surface area contributed by atoms with E-state index in [4.69, 9.17) is 13.3 Å². The van der Waals surface area contributed by atoms with E-state index < -0.39 is 27.4 Å². The molecule has 7 heteroatoms. The lowest BCUT2D eigenvalue weighted by molar-refractivity contribution is 0.0203. The minimum atomic E-state index is -3.39. The lowest BCUT2D eigenvalue weighted by Crippen LogP contribution is -2.49.